The van der Waals surface area contributed by atoms with Crippen LogP contribution >= 0.6 is 0 Å². The van der Waals surface area contributed by atoms with Crippen LogP contribution in [0.1, 0.15) is 0 Å². The summed E-state index contributed by atoms with van der Waals surface area (Å²) in [5, 5.41) is 12.3. The molecule has 0 bridgehead atoms. The average molecular weight is 171 g/mol. The lowest BCUT2D eigenvalue weighted by atomic mass is 10.1. The van der Waals surface area contributed by atoms with Crippen LogP contribution in [0.4, 0.5) is 0 Å². The SMILES string of the molecule is Oc1c([Si])ccc2ccccc12. The van der Waals surface area contributed by atoms with E-state index in [-0.39, 0.29) is 0 Å². The van der Waals surface area contributed by atoms with Crippen molar-refractivity contribution in [3.8, 4) is 5.75 Å². The number of benzene rings is 2. The molecule has 2 heteroatoms. The molecule has 0 saturated heterocycles. The predicted octanol–water partition coefficient (Wildman–Crippen LogP) is 1.34. The Balaban J connectivity index is 2.91. The van der Waals surface area contributed by atoms with Crippen LogP contribution in [-0.2, 0) is 0 Å². The van der Waals surface area contributed by atoms with E-state index in [0.29, 0.717) is 5.75 Å². The molecule has 0 atom stereocenters. The first-order valence-electron chi connectivity index (χ1n) is 3.71. The van der Waals surface area contributed by atoms with Crippen molar-refractivity contribution < 1.29 is 5.11 Å². The van der Waals surface area contributed by atoms with Gasteiger partial charge in [0.25, 0.3) is 0 Å². The fourth-order valence-electron chi connectivity index (χ4n) is 1.26. The highest BCUT2D eigenvalue weighted by molar-refractivity contribution is 6.35. The number of fused-ring (bicyclic) bond motifs is 1. The molecule has 0 aromatic heterocycles. The zero-order valence-corrected chi connectivity index (χ0v) is 7.41. The van der Waals surface area contributed by atoms with Crippen LogP contribution in [0.25, 0.3) is 10.8 Å². The van der Waals surface area contributed by atoms with Crippen molar-refractivity contribution in [2.24, 2.45) is 0 Å². The van der Waals surface area contributed by atoms with E-state index in [1.54, 1.807) is 0 Å². The van der Waals surface area contributed by atoms with Crippen molar-refractivity contribution in [3.63, 3.8) is 0 Å². The third-order valence-corrected chi connectivity index (χ3v) is 2.30. The first-order chi connectivity index (χ1) is 5.79. The van der Waals surface area contributed by atoms with Crippen LogP contribution in [0.15, 0.2) is 36.4 Å². The normalized spacial score (nSPS) is 10.4. The van der Waals surface area contributed by atoms with Crippen molar-refractivity contribution in [1.82, 2.24) is 0 Å². The van der Waals surface area contributed by atoms with Crippen molar-refractivity contribution in [2.75, 3.05) is 0 Å². The highest BCUT2D eigenvalue weighted by Gasteiger charge is 2.00. The summed E-state index contributed by atoms with van der Waals surface area (Å²) in [5.74, 6) is 0.310. The third kappa shape index (κ3) is 1.01. The van der Waals surface area contributed by atoms with Crippen LogP contribution in [0.5, 0.6) is 5.75 Å². The Morgan fingerprint density at radius 1 is 1.00 bits per heavy atom. The zero-order valence-electron chi connectivity index (χ0n) is 6.41. The number of hydrogen-bond donors (Lipinski definition) is 1. The molecule has 57 valence electrons. The van der Waals surface area contributed by atoms with E-state index < -0.39 is 0 Å². The minimum atomic E-state index is 0.310. The van der Waals surface area contributed by atoms with Gasteiger partial charge in [0.2, 0.25) is 0 Å². The van der Waals surface area contributed by atoms with Gasteiger partial charge >= 0.3 is 0 Å². The molecule has 2 rings (SSSR count). The molecular formula is C10H7OSi. The van der Waals surface area contributed by atoms with Gasteiger partial charge in [0.15, 0.2) is 0 Å². The Morgan fingerprint density at radius 2 is 1.75 bits per heavy atom. The Labute approximate surface area is 74.1 Å². The molecule has 0 heterocycles. The fraction of sp³-hybridized carbons (Fsp3) is 0. The summed E-state index contributed by atoms with van der Waals surface area (Å²) in [6, 6.07) is 11.5. The van der Waals surface area contributed by atoms with Crippen LogP contribution in [0, 0.1) is 0 Å². The first kappa shape index (κ1) is 7.37. The van der Waals surface area contributed by atoms with Crippen LogP contribution in [0.3, 0.4) is 0 Å². The molecule has 0 aliphatic heterocycles. The molecule has 0 unspecified atom stereocenters. The Kier molecular flexibility index (Phi) is 1.62. The van der Waals surface area contributed by atoms with Crippen molar-refractivity contribution in [3.05, 3.63) is 36.4 Å². The first-order valence-corrected chi connectivity index (χ1v) is 4.21. The quantitative estimate of drug-likeness (QED) is 0.593. The molecule has 1 N–H and O–H groups in total. The van der Waals surface area contributed by atoms with Gasteiger partial charge in [0, 0.05) is 5.39 Å². The van der Waals surface area contributed by atoms with E-state index in [9.17, 15) is 5.11 Å². The highest BCUT2D eigenvalue weighted by Crippen LogP contribution is 2.20. The van der Waals surface area contributed by atoms with E-state index in [1.807, 2.05) is 36.4 Å². The van der Waals surface area contributed by atoms with Gasteiger partial charge in [0.1, 0.15) is 5.75 Å². The van der Waals surface area contributed by atoms with Crippen LogP contribution in [0.2, 0.25) is 0 Å². The molecule has 1 nitrogen and oxygen atoms in total. The molecule has 12 heavy (non-hydrogen) atoms. The lowest BCUT2D eigenvalue weighted by molar-refractivity contribution is 0.486. The van der Waals surface area contributed by atoms with Gasteiger partial charge in [0.05, 0.1) is 10.2 Å². The van der Waals surface area contributed by atoms with Gasteiger partial charge < -0.3 is 5.11 Å². The Hall–Kier alpha value is -1.28. The van der Waals surface area contributed by atoms with E-state index in [2.05, 4.69) is 10.2 Å². The van der Waals surface area contributed by atoms with Crippen molar-refractivity contribution >= 4 is 26.2 Å². The van der Waals surface area contributed by atoms with E-state index in [1.165, 1.54) is 0 Å². The molecule has 3 radical (unpaired) electrons. The van der Waals surface area contributed by atoms with E-state index in [0.717, 1.165) is 16.0 Å². The molecule has 0 aliphatic rings. The minimum Gasteiger partial charge on any atom is -0.507 e. The summed E-state index contributed by atoms with van der Waals surface area (Å²) in [6.07, 6.45) is 0. The van der Waals surface area contributed by atoms with Gasteiger partial charge in [-0.3, -0.25) is 0 Å². The summed E-state index contributed by atoms with van der Waals surface area (Å²) in [7, 11) is 3.32. The van der Waals surface area contributed by atoms with Gasteiger partial charge in [-0.15, -0.1) is 0 Å². The topological polar surface area (TPSA) is 20.2 Å². The van der Waals surface area contributed by atoms with Gasteiger partial charge in [-0.25, -0.2) is 0 Å². The summed E-state index contributed by atoms with van der Waals surface area (Å²) in [5.41, 5.74) is 0. The van der Waals surface area contributed by atoms with Crippen LogP contribution in [-0.4, -0.2) is 15.3 Å². The van der Waals surface area contributed by atoms with E-state index in [4.69, 9.17) is 0 Å². The van der Waals surface area contributed by atoms with Crippen molar-refractivity contribution in [2.45, 2.75) is 0 Å². The Bertz CT molecular complexity index is 423. The minimum absolute atomic E-state index is 0.310. The lowest BCUT2D eigenvalue weighted by Crippen LogP contribution is -2.01. The van der Waals surface area contributed by atoms with E-state index >= 15 is 0 Å². The number of phenolic OH excluding ortho intramolecular Hbond substituents is 1. The molecule has 2 aromatic carbocycles. The second-order valence-electron chi connectivity index (χ2n) is 2.68. The van der Waals surface area contributed by atoms with Gasteiger partial charge in [-0.2, -0.15) is 0 Å². The lowest BCUT2D eigenvalue weighted by Gasteiger charge is -2.02. The summed E-state index contributed by atoms with van der Waals surface area (Å²) >= 11 is 0. The molecule has 2 aromatic rings. The Morgan fingerprint density at radius 3 is 2.58 bits per heavy atom. The maximum Gasteiger partial charge on any atom is 0.121 e. The number of phenols is 1. The number of hydrogen-bond acceptors (Lipinski definition) is 1. The largest absolute Gasteiger partial charge is 0.507 e. The second kappa shape index (κ2) is 2.64. The maximum atomic E-state index is 9.61. The molecular weight excluding hydrogens is 164 g/mol. The zero-order chi connectivity index (χ0) is 8.55. The second-order valence-corrected chi connectivity index (χ2v) is 3.22. The fourth-order valence-corrected chi connectivity index (χ4v) is 1.47. The highest BCUT2D eigenvalue weighted by atomic mass is 28.1. The maximum absolute atomic E-state index is 9.61. The molecule has 0 spiro atoms. The molecule has 0 amide bonds. The summed E-state index contributed by atoms with van der Waals surface area (Å²) in [6.45, 7) is 0. The number of aromatic hydroxyl groups is 1. The standard InChI is InChI=1S/C10H7OSi/c11-10-8-4-2-1-3-7(8)5-6-9(10)12/h1-6,11H. The van der Waals surface area contributed by atoms with Gasteiger partial charge in [-0.1, -0.05) is 36.4 Å². The van der Waals surface area contributed by atoms with Gasteiger partial charge in [-0.05, 0) is 10.6 Å². The molecule has 0 aliphatic carbocycles. The van der Waals surface area contributed by atoms with Crippen LogP contribution < -0.4 is 5.19 Å². The van der Waals surface area contributed by atoms with Crippen molar-refractivity contribution in [1.29, 1.82) is 0 Å². The summed E-state index contributed by atoms with van der Waals surface area (Å²) < 4.78 is 0. The predicted molar refractivity (Wildman–Crippen MR) is 51.0 cm³/mol. The average Bonchev–Trinajstić information content (AvgIpc) is 2.12. The monoisotopic (exact) mass is 171 g/mol. The molecule has 0 fully saturated rings. The summed E-state index contributed by atoms with van der Waals surface area (Å²) in [4.78, 5) is 0. The smallest absolute Gasteiger partial charge is 0.121 e. The number of rotatable bonds is 0. The third-order valence-electron chi connectivity index (χ3n) is 1.90. The molecule has 0 saturated carbocycles.